The molecule has 2 rings (SSSR count). The zero-order valence-electron chi connectivity index (χ0n) is 11.7. The van der Waals surface area contributed by atoms with Crippen molar-refractivity contribution in [1.82, 2.24) is 9.80 Å². The number of likely N-dealkylation sites (tertiary alicyclic amines) is 1. The molecule has 2 aliphatic rings. The van der Waals surface area contributed by atoms with E-state index in [9.17, 15) is 5.11 Å². The van der Waals surface area contributed by atoms with Crippen molar-refractivity contribution in [3.8, 4) is 0 Å². The summed E-state index contributed by atoms with van der Waals surface area (Å²) >= 11 is 0. The first-order chi connectivity index (χ1) is 8.78. The van der Waals surface area contributed by atoms with Crippen LogP contribution in [-0.4, -0.2) is 73.5 Å². The summed E-state index contributed by atoms with van der Waals surface area (Å²) in [6, 6.07) is 0. The molecule has 0 aromatic carbocycles. The van der Waals surface area contributed by atoms with E-state index in [0.29, 0.717) is 0 Å². The minimum absolute atomic E-state index is 0.138. The second-order valence-electron chi connectivity index (χ2n) is 5.72. The van der Waals surface area contributed by atoms with Crippen molar-refractivity contribution in [3.05, 3.63) is 0 Å². The average Bonchev–Trinajstić information content (AvgIpc) is 2.42. The minimum atomic E-state index is -0.138. The highest BCUT2D eigenvalue weighted by atomic mass is 16.5. The smallest absolute Gasteiger partial charge is 0.0664 e. The van der Waals surface area contributed by atoms with Crippen LogP contribution in [0.25, 0.3) is 0 Å². The summed E-state index contributed by atoms with van der Waals surface area (Å²) in [4.78, 5) is 4.97. The molecule has 0 radical (unpaired) electrons. The Morgan fingerprint density at radius 3 is 2.39 bits per heavy atom. The summed E-state index contributed by atoms with van der Waals surface area (Å²) in [6.07, 6.45) is 3.30. The molecule has 1 unspecified atom stereocenters. The highest BCUT2D eigenvalue weighted by Gasteiger charge is 2.23. The van der Waals surface area contributed by atoms with Crippen molar-refractivity contribution in [2.45, 2.75) is 32.3 Å². The topological polar surface area (TPSA) is 35.9 Å². The van der Waals surface area contributed by atoms with Crippen LogP contribution < -0.4 is 0 Å². The molecule has 2 fully saturated rings. The molecular weight excluding hydrogens is 228 g/mol. The molecule has 1 N–H and O–H groups in total. The second kappa shape index (κ2) is 7.43. The van der Waals surface area contributed by atoms with E-state index < -0.39 is 0 Å². The van der Waals surface area contributed by atoms with E-state index in [1.165, 1.54) is 19.4 Å². The first-order valence-corrected chi connectivity index (χ1v) is 7.48. The van der Waals surface area contributed by atoms with Crippen molar-refractivity contribution < 1.29 is 9.84 Å². The predicted molar refractivity (Wildman–Crippen MR) is 72.7 cm³/mol. The number of nitrogens with zero attached hydrogens (tertiary/aromatic N) is 2. The van der Waals surface area contributed by atoms with E-state index in [-0.39, 0.29) is 6.10 Å². The van der Waals surface area contributed by atoms with E-state index in [1.54, 1.807) is 0 Å². The number of β-amino-alcohol motifs (C(OH)–C–C–N with tert-alkyl or cyclic N) is 1. The van der Waals surface area contributed by atoms with Crippen LogP contribution in [0.3, 0.4) is 0 Å². The lowest BCUT2D eigenvalue weighted by Gasteiger charge is -2.36. The van der Waals surface area contributed by atoms with Crippen LogP contribution in [0.15, 0.2) is 0 Å². The number of rotatable bonds is 5. The van der Waals surface area contributed by atoms with Crippen LogP contribution in [0.4, 0.5) is 0 Å². The normalized spacial score (nSPS) is 26.3. The third-order valence-corrected chi connectivity index (χ3v) is 4.27. The third kappa shape index (κ3) is 4.50. The fraction of sp³-hybridized carbons (Fsp3) is 1.00. The summed E-state index contributed by atoms with van der Waals surface area (Å²) < 4.78 is 5.38. The first kappa shape index (κ1) is 14.3. The zero-order valence-corrected chi connectivity index (χ0v) is 11.7. The quantitative estimate of drug-likeness (QED) is 0.789. The number of morpholine rings is 1. The molecule has 106 valence electrons. The molecule has 0 aromatic rings. The Balaban J connectivity index is 1.63. The Morgan fingerprint density at radius 2 is 1.78 bits per heavy atom. The Kier molecular flexibility index (Phi) is 5.89. The van der Waals surface area contributed by atoms with Gasteiger partial charge in [0.1, 0.15) is 0 Å². The van der Waals surface area contributed by atoms with Gasteiger partial charge in [-0.1, -0.05) is 6.92 Å². The van der Waals surface area contributed by atoms with Crippen LogP contribution in [0, 0.1) is 5.92 Å². The molecular formula is C14H28N2O2. The van der Waals surface area contributed by atoms with Crippen LogP contribution in [-0.2, 0) is 4.74 Å². The van der Waals surface area contributed by atoms with Gasteiger partial charge in [0, 0.05) is 26.2 Å². The summed E-state index contributed by atoms with van der Waals surface area (Å²) in [6.45, 7) is 10.5. The van der Waals surface area contributed by atoms with Crippen LogP contribution in [0.5, 0.6) is 0 Å². The van der Waals surface area contributed by atoms with Gasteiger partial charge in [-0.05, 0) is 38.3 Å². The fourth-order valence-corrected chi connectivity index (χ4v) is 2.93. The molecule has 4 heteroatoms. The van der Waals surface area contributed by atoms with Gasteiger partial charge in [-0.15, -0.1) is 0 Å². The van der Waals surface area contributed by atoms with Crippen molar-refractivity contribution in [3.63, 3.8) is 0 Å². The summed E-state index contributed by atoms with van der Waals surface area (Å²) in [5, 5.41) is 9.67. The lowest BCUT2D eigenvalue weighted by atomic mass is 9.95. The Labute approximate surface area is 111 Å². The maximum Gasteiger partial charge on any atom is 0.0664 e. The number of ether oxygens (including phenoxy) is 1. The molecule has 0 aliphatic carbocycles. The molecule has 18 heavy (non-hydrogen) atoms. The molecule has 0 spiro atoms. The van der Waals surface area contributed by atoms with Gasteiger partial charge in [-0.2, -0.15) is 0 Å². The van der Waals surface area contributed by atoms with Gasteiger partial charge >= 0.3 is 0 Å². The van der Waals surface area contributed by atoms with E-state index >= 15 is 0 Å². The standard InChI is InChI=1S/C14H28N2O2/c1-2-14(17)12-15-5-3-13(4-6-15)11-16-7-9-18-10-8-16/h13-14,17H,2-12H2,1H3. The van der Waals surface area contributed by atoms with Crippen LogP contribution in [0.2, 0.25) is 0 Å². The Bertz CT molecular complexity index is 224. The van der Waals surface area contributed by atoms with Crippen LogP contribution >= 0.6 is 0 Å². The molecule has 2 aliphatic heterocycles. The van der Waals surface area contributed by atoms with Gasteiger partial charge in [0.15, 0.2) is 0 Å². The number of aliphatic hydroxyl groups excluding tert-OH is 1. The maximum atomic E-state index is 9.67. The third-order valence-electron chi connectivity index (χ3n) is 4.27. The molecule has 4 nitrogen and oxygen atoms in total. The summed E-state index contributed by atoms with van der Waals surface area (Å²) in [5.74, 6) is 0.845. The molecule has 1 atom stereocenters. The molecule has 2 heterocycles. The Morgan fingerprint density at radius 1 is 1.11 bits per heavy atom. The highest BCUT2D eigenvalue weighted by Crippen LogP contribution is 2.19. The number of hydrogen-bond acceptors (Lipinski definition) is 4. The van der Waals surface area contributed by atoms with E-state index in [1.807, 2.05) is 0 Å². The van der Waals surface area contributed by atoms with Gasteiger partial charge in [0.25, 0.3) is 0 Å². The van der Waals surface area contributed by atoms with E-state index in [0.717, 1.165) is 58.3 Å². The largest absolute Gasteiger partial charge is 0.392 e. The minimum Gasteiger partial charge on any atom is -0.392 e. The van der Waals surface area contributed by atoms with Crippen LogP contribution in [0.1, 0.15) is 26.2 Å². The molecule has 0 amide bonds. The number of aliphatic hydroxyl groups is 1. The van der Waals surface area contributed by atoms with Crippen molar-refractivity contribution in [2.24, 2.45) is 5.92 Å². The summed E-state index contributed by atoms with van der Waals surface area (Å²) in [7, 11) is 0. The highest BCUT2D eigenvalue weighted by molar-refractivity contribution is 4.77. The molecule has 0 bridgehead atoms. The second-order valence-corrected chi connectivity index (χ2v) is 5.72. The fourth-order valence-electron chi connectivity index (χ4n) is 2.93. The van der Waals surface area contributed by atoms with E-state index in [4.69, 9.17) is 4.74 Å². The van der Waals surface area contributed by atoms with Gasteiger partial charge in [-0.25, -0.2) is 0 Å². The van der Waals surface area contributed by atoms with Crippen molar-refractivity contribution in [1.29, 1.82) is 0 Å². The van der Waals surface area contributed by atoms with E-state index in [2.05, 4.69) is 16.7 Å². The number of hydrogen-bond donors (Lipinski definition) is 1. The first-order valence-electron chi connectivity index (χ1n) is 7.48. The Hall–Kier alpha value is -0.160. The SMILES string of the molecule is CCC(O)CN1CCC(CN2CCOCC2)CC1. The van der Waals surface area contributed by atoms with Gasteiger partial charge in [0.05, 0.1) is 19.3 Å². The van der Waals surface area contributed by atoms with Gasteiger partial charge in [-0.3, -0.25) is 4.90 Å². The summed E-state index contributed by atoms with van der Waals surface area (Å²) in [5.41, 5.74) is 0. The lowest BCUT2D eigenvalue weighted by Crippen LogP contribution is -2.44. The maximum absolute atomic E-state index is 9.67. The lowest BCUT2D eigenvalue weighted by molar-refractivity contribution is 0.0216. The zero-order chi connectivity index (χ0) is 12.8. The monoisotopic (exact) mass is 256 g/mol. The number of piperidine rings is 1. The predicted octanol–water partition coefficient (Wildman–Crippen LogP) is 0.802. The molecule has 0 saturated carbocycles. The van der Waals surface area contributed by atoms with Crippen molar-refractivity contribution >= 4 is 0 Å². The van der Waals surface area contributed by atoms with Gasteiger partial charge < -0.3 is 14.7 Å². The molecule has 2 saturated heterocycles. The molecule has 0 aromatic heterocycles. The van der Waals surface area contributed by atoms with Gasteiger partial charge in [0.2, 0.25) is 0 Å². The average molecular weight is 256 g/mol. The van der Waals surface area contributed by atoms with Crippen molar-refractivity contribution in [2.75, 3.05) is 52.5 Å².